The van der Waals surface area contributed by atoms with E-state index in [9.17, 15) is 0 Å². The summed E-state index contributed by atoms with van der Waals surface area (Å²) in [6.07, 6.45) is 0. The third kappa shape index (κ3) is 3.86. The van der Waals surface area contributed by atoms with E-state index in [1.807, 2.05) is 36.4 Å². The van der Waals surface area contributed by atoms with Crippen LogP contribution >= 0.6 is 0 Å². The summed E-state index contributed by atoms with van der Waals surface area (Å²) < 4.78 is 23.5. The van der Waals surface area contributed by atoms with Crippen molar-refractivity contribution >= 4 is 17.1 Å². The summed E-state index contributed by atoms with van der Waals surface area (Å²) in [5.74, 6) is 2.21. The molecule has 0 N–H and O–H groups in total. The molecule has 5 heteroatoms. The number of anilines is 3. The Hall–Kier alpha value is -3.96. The Bertz CT molecular complexity index is 1320. The largest absolute Gasteiger partial charge is 0.496 e. The van der Waals surface area contributed by atoms with Gasteiger partial charge >= 0.3 is 0 Å². The summed E-state index contributed by atoms with van der Waals surface area (Å²) in [5, 5.41) is 0. The number of aryl methyl sites for hydroxylation is 1. The van der Waals surface area contributed by atoms with Gasteiger partial charge < -0.3 is 23.8 Å². The summed E-state index contributed by atoms with van der Waals surface area (Å²) in [4.78, 5) is 2.29. The van der Waals surface area contributed by atoms with E-state index in [4.69, 9.17) is 18.9 Å². The maximum absolute atomic E-state index is 5.99. The average molecular weight is 482 g/mol. The van der Waals surface area contributed by atoms with Crippen LogP contribution < -0.4 is 19.1 Å². The van der Waals surface area contributed by atoms with Gasteiger partial charge in [-0.25, -0.2) is 0 Å². The molecule has 1 aliphatic rings. The van der Waals surface area contributed by atoms with Crippen molar-refractivity contribution in [2.45, 2.75) is 19.4 Å². The van der Waals surface area contributed by atoms with Crippen molar-refractivity contribution < 1.29 is 18.9 Å². The van der Waals surface area contributed by atoms with Crippen LogP contribution in [-0.2, 0) is 11.3 Å². The number of nitrogens with zero attached hydrogens (tertiary/aromatic N) is 1. The van der Waals surface area contributed by atoms with E-state index >= 15 is 0 Å². The minimum atomic E-state index is -0.203. The van der Waals surface area contributed by atoms with E-state index in [2.05, 4.69) is 54.3 Å². The molecule has 0 aliphatic carbocycles. The highest BCUT2D eigenvalue weighted by Gasteiger charge is 2.39. The van der Waals surface area contributed by atoms with Crippen LogP contribution in [0, 0.1) is 6.92 Å². The fourth-order valence-electron chi connectivity index (χ4n) is 5.30. The molecule has 1 heterocycles. The van der Waals surface area contributed by atoms with Gasteiger partial charge in [-0.3, -0.25) is 0 Å². The molecular weight excluding hydrogens is 450 g/mol. The van der Waals surface area contributed by atoms with Crippen LogP contribution in [0.3, 0.4) is 0 Å². The number of fused-ring (bicyclic) bond motifs is 2. The Balaban J connectivity index is 1.91. The summed E-state index contributed by atoms with van der Waals surface area (Å²) >= 11 is 0. The highest BCUT2D eigenvalue weighted by atomic mass is 16.5. The molecule has 1 aliphatic heterocycles. The first kappa shape index (κ1) is 23.8. The Morgan fingerprint density at radius 1 is 0.611 bits per heavy atom. The number of ether oxygens (including phenoxy) is 4. The monoisotopic (exact) mass is 481 g/mol. The molecule has 36 heavy (non-hydrogen) atoms. The third-order valence-electron chi connectivity index (χ3n) is 6.84. The zero-order valence-electron chi connectivity index (χ0n) is 21.4. The van der Waals surface area contributed by atoms with E-state index in [0.717, 1.165) is 56.6 Å². The first-order chi connectivity index (χ1) is 17.6. The lowest BCUT2D eigenvalue weighted by Gasteiger charge is -2.40. The average Bonchev–Trinajstić information content (AvgIpc) is 2.92. The molecule has 0 amide bonds. The smallest absolute Gasteiger partial charge is 0.125 e. The first-order valence-electron chi connectivity index (χ1n) is 12.0. The Kier molecular flexibility index (Phi) is 6.57. The lowest BCUT2D eigenvalue weighted by Crippen LogP contribution is -2.24. The van der Waals surface area contributed by atoms with Crippen LogP contribution in [0.1, 0.15) is 33.7 Å². The molecule has 0 radical (unpaired) electrons. The fourth-order valence-corrected chi connectivity index (χ4v) is 5.30. The summed E-state index contributed by atoms with van der Waals surface area (Å²) in [6.45, 7) is 2.56. The molecule has 0 unspecified atom stereocenters. The van der Waals surface area contributed by atoms with Gasteiger partial charge in [-0.1, -0.05) is 42.0 Å². The van der Waals surface area contributed by atoms with Crippen LogP contribution in [0.25, 0.3) is 0 Å². The third-order valence-corrected chi connectivity index (χ3v) is 6.84. The topological polar surface area (TPSA) is 40.2 Å². The SMILES string of the molecule is COCc1cccc(OC)c1C1c2c(OC)cccc2N(c2ccc(C)cc2)c2cccc(OC)c21. The van der Waals surface area contributed by atoms with E-state index in [1.54, 1.807) is 28.4 Å². The van der Waals surface area contributed by atoms with Gasteiger partial charge in [0.05, 0.1) is 39.3 Å². The number of hydrogen-bond donors (Lipinski definition) is 0. The molecule has 5 nitrogen and oxygen atoms in total. The van der Waals surface area contributed by atoms with Gasteiger partial charge in [0.2, 0.25) is 0 Å². The quantitative estimate of drug-likeness (QED) is 0.247. The first-order valence-corrected chi connectivity index (χ1v) is 12.0. The number of benzene rings is 4. The predicted molar refractivity (Wildman–Crippen MR) is 144 cm³/mol. The molecule has 184 valence electrons. The normalized spacial score (nSPS) is 12.6. The maximum Gasteiger partial charge on any atom is 0.125 e. The molecule has 0 atom stereocenters. The van der Waals surface area contributed by atoms with Crippen LogP contribution in [0.2, 0.25) is 0 Å². The van der Waals surface area contributed by atoms with Crippen LogP contribution in [0.15, 0.2) is 78.9 Å². The van der Waals surface area contributed by atoms with Crippen molar-refractivity contribution in [2.24, 2.45) is 0 Å². The van der Waals surface area contributed by atoms with Crippen molar-refractivity contribution in [2.75, 3.05) is 33.3 Å². The van der Waals surface area contributed by atoms with Crippen molar-refractivity contribution in [1.29, 1.82) is 0 Å². The van der Waals surface area contributed by atoms with Crippen molar-refractivity contribution in [3.8, 4) is 17.2 Å². The predicted octanol–water partition coefficient (Wildman–Crippen LogP) is 7.13. The Morgan fingerprint density at radius 2 is 1.11 bits per heavy atom. The second kappa shape index (κ2) is 9.96. The number of hydrogen-bond acceptors (Lipinski definition) is 5. The van der Waals surface area contributed by atoms with Crippen molar-refractivity contribution in [1.82, 2.24) is 0 Å². The molecule has 0 fully saturated rings. The molecular formula is C31H31NO4. The second-order valence-corrected chi connectivity index (χ2v) is 8.86. The van der Waals surface area contributed by atoms with Gasteiger partial charge in [-0.15, -0.1) is 0 Å². The molecule has 0 aromatic heterocycles. The summed E-state index contributed by atoms with van der Waals surface area (Å²) in [5.41, 5.74) is 8.60. The maximum atomic E-state index is 5.99. The summed E-state index contributed by atoms with van der Waals surface area (Å²) in [6, 6.07) is 27.1. The number of methoxy groups -OCH3 is 4. The van der Waals surface area contributed by atoms with Crippen LogP contribution in [0.5, 0.6) is 17.2 Å². The van der Waals surface area contributed by atoms with Gasteiger partial charge in [-0.2, -0.15) is 0 Å². The molecule has 0 saturated carbocycles. The lowest BCUT2D eigenvalue weighted by atomic mass is 9.77. The Labute approximate surface area is 212 Å². The zero-order chi connectivity index (χ0) is 25.2. The highest BCUT2D eigenvalue weighted by Crippen LogP contribution is 2.58. The molecule has 0 bridgehead atoms. The molecule has 0 spiro atoms. The summed E-state index contributed by atoms with van der Waals surface area (Å²) in [7, 11) is 6.87. The molecule has 5 rings (SSSR count). The van der Waals surface area contributed by atoms with Crippen LogP contribution in [0.4, 0.5) is 17.1 Å². The second-order valence-electron chi connectivity index (χ2n) is 8.86. The van der Waals surface area contributed by atoms with E-state index in [1.165, 1.54) is 5.56 Å². The lowest BCUT2D eigenvalue weighted by molar-refractivity contribution is 0.183. The molecule has 0 saturated heterocycles. The Morgan fingerprint density at radius 3 is 1.61 bits per heavy atom. The van der Waals surface area contributed by atoms with Crippen molar-refractivity contribution in [3.05, 3.63) is 107 Å². The van der Waals surface area contributed by atoms with Crippen LogP contribution in [-0.4, -0.2) is 28.4 Å². The molecule has 4 aromatic rings. The van der Waals surface area contributed by atoms with Gasteiger partial charge in [0.15, 0.2) is 0 Å². The van der Waals surface area contributed by atoms with E-state index in [0.29, 0.717) is 6.61 Å². The number of rotatable bonds is 7. The van der Waals surface area contributed by atoms with E-state index in [-0.39, 0.29) is 5.92 Å². The highest BCUT2D eigenvalue weighted by molar-refractivity contribution is 5.89. The minimum absolute atomic E-state index is 0.203. The standard InChI is InChI=1S/C31H31NO4/c1-20-15-17-22(18-16-20)32-23-10-7-13-26(35-4)29(23)31(30-24(32)11-8-14-27(30)36-5)28-21(19-33-2)9-6-12-25(28)34-3/h6-18,31H,19H2,1-5H3. The van der Waals surface area contributed by atoms with E-state index < -0.39 is 0 Å². The van der Waals surface area contributed by atoms with Gasteiger partial charge in [0.1, 0.15) is 17.2 Å². The zero-order valence-corrected chi connectivity index (χ0v) is 21.4. The van der Waals surface area contributed by atoms with Gasteiger partial charge in [0.25, 0.3) is 0 Å². The van der Waals surface area contributed by atoms with Gasteiger partial charge in [-0.05, 0) is 55.0 Å². The fraction of sp³-hybridized carbons (Fsp3) is 0.226. The molecule has 4 aromatic carbocycles. The van der Waals surface area contributed by atoms with Gasteiger partial charge in [0, 0.05) is 35.4 Å². The van der Waals surface area contributed by atoms with Crippen molar-refractivity contribution in [3.63, 3.8) is 0 Å². The minimum Gasteiger partial charge on any atom is -0.496 e.